The van der Waals surface area contributed by atoms with Crippen molar-refractivity contribution in [3.8, 4) is 0 Å². The van der Waals surface area contributed by atoms with E-state index in [1.165, 1.54) is 0 Å². The van der Waals surface area contributed by atoms with Crippen molar-refractivity contribution in [1.29, 1.82) is 0 Å². The van der Waals surface area contributed by atoms with E-state index in [0.29, 0.717) is 11.6 Å². The van der Waals surface area contributed by atoms with Crippen molar-refractivity contribution in [3.05, 3.63) is 29.6 Å². The Kier molecular flexibility index (Phi) is 4.46. The summed E-state index contributed by atoms with van der Waals surface area (Å²) in [6.45, 7) is 9.88. The molecule has 0 amide bonds. The van der Waals surface area contributed by atoms with Crippen LogP contribution < -0.4 is 4.90 Å². The van der Waals surface area contributed by atoms with Gasteiger partial charge >= 0.3 is 0 Å². The van der Waals surface area contributed by atoms with Gasteiger partial charge in [-0.25, -0.2) is 4.39 Å². The maximum Gasteiger partial charge on any atom is 0.146 e. The first-order chi connectivity index (χ1) is 8.95. The number of halogens is 1. The molecule has 0 N–H and O–H groups in total. The molecule has 0 aromatic heterocycles. The first-order valence-corrected chi connectivity index (χ1v) is 7.14. The maximum atomic E-state index is 14.3. The number of hydrogen-bond acceptors (Lipinski definition) is 2. The third kappa shape index (κ3) is 3.69. The Morgan fingerprint density at radius 2 is 1.89 bits per heavy atom. The number of anilines is 1. The third-order valence-electron chi connectivity index (χ3n) is 3.42. The standard InChI is InChI=1S/C16H24FNO/c1-11(2)7-14-5-6-16(15(17)8-14)18-9-12(3)19-13(4)10-18/h5-6,8,11-13H,7,9-10H2,1-4H3. The summed E-state index contributed by atoms with van der Waals surface area (Å²) >= 11 is 0. The summed E-state index contributed by atoms with van der Waals surface area (Å²) in [4.78, 5) is 2.09. The predicted octanol–water partition coefficient (Wildman–Crippen LogP) is 3.64. The van der Waals surface area contributed by atoms with Crippen LogP contribution in [0.3, 0.4) is 0 Å². The second kappa shape index (κ2) is 5.91. The topological polar surface area (TPSA) is 12.5 Å². The summed E-state index contributed by atoms with van der Waals surface area (Å²) in [6.07, 6.45) is 1.23. The predicted molar refractivity (Wildman–Crippen MR) is 77.2 cm³/mol. The van der Waals surface area contributed by atoms with Gasteiger partial charge in [0.25, 0.3) is 0 Å². The number of hydrogen-bond donors (Lipinski definition) is 0. The Balaban J connectivity index is 2.16. The second-order valence-corrected chi connectivity index (χ2v) is 6.05. The SMILES string of the molecule is CC(C)Cc1ccc(N2CC(C)OC(C)C2)c(F)c1. The summed E-state index contributed by atoms with van der Waals surface area (Å²) in [5, 5.41) is 0. The number of nitrogens with zero attached hydrogens (tertiary/aromatic N) is 1. The Bertz CT molecular complexity index is 423. The molecule has 1 fully saturated rings. The van der Waals surface area contributed by atoms with E-state index < -0.39 is 0 Å². The Morgan fingerprint density at radius 1 is 1.26 bits per heavy atom. The van der Waals surface area contributed by atoms with Crippen molar-refractivity contribution in [2.24, 2.45) is 5.92 Å². The molecule has 19 heavy (non-hydrogen) atoms. The summed E-state index contributed by atoms with van der Waals surface area (Å²) in [7, 11) is 0. The summed E-state index contributed by atoms with van der Waals surface area (Å²) < 4.78 is 19.9. The molecule has 1 aliphatic rings. The molecule has 2 rings (SSSR count). The summed E-state index contributed by atoms with van der Waals surface area (Å²) in [5.41, 5.74) is 1.78. The lowest BCUT2D eigenvalue weighted by molar-refractivity contribution is -0.00539. The summed E-state index contributed by atoms with van der Waals surface area (Å²) in [5.74, 6) is 0.438. The van der Waals surface area contributed by atoms with Gasteiger partial charge in [0.2, 0.25) is 0 Å². The fraction of sp³-hybridized carbons (Fsp3) is 0.625. The minimum atomic E-state index is -0.112. The molecule has 1 heterocycles. The fourth-order valence-corrected chi connectivity index (χ4v) is 2.78. The lowest BCUT2D eigenvalue weighted by atomic mass is 10.0. The van der Waals surface area contributed by atoms with Crippen LogP contribution in [0.5, 0.6) is 0 Å². The van der Waals surface area contributed by atoms with Crippen molar-refractivity contribution in [1.82, 2.24) is 0 Å². The molecule has 1 aliphatic heterocycles. The number of benzene rings is 1. The van der Waals surface area contributed by atoms with E-state index in [0.717, 1.165) is 25.1 Å². The molecule has 0 spiro atoms. The number of ether oxygens (including phenoxy) is 1. The molecule has 2 nitrogen and oxygen atoms in total. The average Bonchev–Trinajstić information content (AvgIpc) is 2.26. The van der Waals surface area contributed by atoms with E-state index in [-0.39, 0.29) is 18.0 Å². The van der Waals surface area contributed by atoms with Crippen LogP contribution in [0.1, 0.15) is 33.3 Å². The molecular weight excluding hydrogens is 241 g/mol. The van der Waals surface area contributed by atoms with Crippen LogP contribution in [0, 0.1) is 11.7 Å². The second-order valence-electron chi connectivity index (χ2n) is 6.05. The number of morpholine rings is 1. The minimum Gasteiger partial charge on any atom is -0.372 e. The molecule has 1 aromatic carbocycles. The molecule has 1 aromatic rings. The van der Waals surface area contributed by atoms with E-state index in [1.807, 2.05) is 26.0 Å². The molecular formula is C16H24FNO. The molecule has 1 saturated heterocycles. The van der Waals surface area contributed by atoms with Crippen LogP contribution >= 0.6 is 0 Å². The quantitative estimate of drug-likeness (QED) is 0.827. The highest BCUT2D eigenvalue weighted by Crippen LogP contribution is 2.25. The average molecular weight is 265 g/mol. The van der Waals surface area contributed by atoms with Gasteiger partial charge in [-0.15, -0.1) is 0 Å². The molecule has 0 saturated carbocycles. The van der Waals surface area contributed by atoms with Crippen LogP contribution in [0.25, 0.3) is 0 Å². The smallest absolute Gasteiger partial charge is 0.146 e. The van der Waals surface area contributed by atoms with Gasteiger partial charge < -0.3 is 9.64 Å². The van der Waals surface area contributed by atoms with Crippen molar-refractivity contribution >= 4 is 5.69 Å². The van der Waals surface area contributed by atoms with Crippen molar-refractivity contribution in [2.75, 3.05) is 18.0 Å². The van der Waals surface area contributed by atoms with Gasteiger partial charge in [-0.2, -0.15) is 0 Å². The normalized spacial score (nSPS) is 24.0. The zero-order valence-corrected chi connectivity index (χ0v) is 12.3. The van der Waals surface area contributed by atoms with Crippen LogP contribution in [0.15, 0.2) is 18.2 Å². The molecule has 0 bridgehead atoms. The Hall–Kier alpha value is -1.09. The van der Waals surface area contributed by atoms with E-state index in [9.17, 15) is 4.39 Å². The zero-order chi connectivity index (χ0) is 14.0. The largest absolute Gasteiger partial charge is 0.372 e. The maximum absolute atomic E-state index is 14.3. The van der Waals surface area contributed by atoms with Crippen LogP contribution in [-0.2, 0) is 11.2 Å². The van der Waals surface area contributed by atoms with Gasteiger partial charge in [0.1, 0.15) is 5.82 Å². The summed E-state index contributed by atoms with van der Waals surface area (Å²) in [6, 6.07) is 5.64. The van der Waals surface area contributed by atoms with Gasteiger partial charge in [0.05, 0.1) is 17.9 Å². The van der Waals surface area contributed by atoms with Crippen LogP contribution in [0.2, 0.25) is 0 Å². The van der Waals surface area contributed by atoms with Gasteiger partial charge in [-0.05, 0) is 43.9 Å². The zero-order valence-electron chi connectivity index (χ0n) is 12.3. The lowest BCUT2D eigenvalue weighted by Crippen LogP contribution is -2.45. The van der Waals surface area contributed by atoms with Crippen molar-refractivity contribution < 1.29 is 9.13 Å². The molecule has 3 heteroatoms. The Labute approximate surface area is 115 Å². The van der Waals surface area contributed by atoms with Crippen molar-refractivity contribution in [2.45, 2.75) is 46.3 Å². The van der Waals surface area contributed by atoms with Gasteiger partial charge in [-0.3, -0.25) is 0 Å². The Morgan fingerprint density at radius 3 is 2.42 bits per heavy atom. The van der Waals surface area contributed by atoms with Gasteiger partial charge in [0, 0.05) is 13.1 Å². The minimum absolute atomic E-state index is 0.112. The first-order valence-electron chi connectivity index (χ1n) is 7.14. The highest BCUT2D eigenvalue weighted by Gasteiger charge is 2.24. The first kappa shape index (κ1) is 14.3. The van der Waals surface area contributed by atoms with Gasteiger partial charge in [0.15, 0.2) is 0 Å². The lowest BCUT2D eigenvalue weighted by Gasteiger charge is -2.37. The van der Waals surface area contributed by atoms with Crippen LogP contribution in [0.4, 0.5) is 10.1 Å². The third-order valence-corrected chi connectivity index (χ3v) is 3.42. The number of rotatable bonds is 3. The molecule has 2 unspecified atom stereocenters. The molecule has 106 valence electrons. The van der Waals surface area contributed by atoms with Gasteiger partial charge in [-0.1, -0.05) is 19.9 Å². The molecule has 0 radical (unpaired) electrons. The van der Waals surface area contributed by atoms with E-state index in [1.54, 1.807) is 6.07 Å². The van der Waals surface area contributed by atoms with E-state index in [4.69, 9.17) is 4.74 Å². The highest BCUT2D eigenvalue weighted by molar-refractivity contribution is 5.50. The molecule has 2 atom stereocenters. The fourth-order valence-electron chi connectivity index (χ4n) is 2.78. The van der Waals surface area contributed by atoms with Crippen LogP contribution in [-0.4, -0.2) is 25.3 Å². The van der Waals surface area contributed by atoms with E-state index >= 15 is 0 Å². The molecule has 0 aliphatic carbocycles. The van der Waals surface area contributed by atoms with Crippen molar-refractivity contribution in [3.63, 3.8) is 0 Å². The monoisotopic (exact) mass is 265 g/mol. The van der Waals surface area contributed by atoms with E-state index in [2.05, 4.69) is 18.7 Å². The highest BCUT2D eigenvalue weighted by atomic mass is 19.1.